The lowest BCUT2D eigenvalue weighted by Gasteiger charge is -2.17. The van der Waals surface area contributed by atoms with Crippen LogP contribution in [-0.4, -0.2) is 29.1 Å². The first kappa shape index (κ1) is 11.0. The van der Waals surface area contributed by atoms with Gasteiger partial charge < -0.3 is 10.0 Å². The molecule has 0 bridgehead atoms. The quantitative estimate of drug-likeness (QED) is 0.876. The normalized spacial score (nSPS) is 19.3. The van der Waals surface area contributed by atoms with Crippen molar-refractivity contribution >= 4 is 22.6 Å². The number of aromatic nitrogens is 1. The molecule has 1 saturated heterocycles. The van der Waals surface area contributed by atoms with Gasteiger partial charge in [-0.15, -0.1) is 0 Å². The van der Waals surface area contributed by atoms with E-state index in [1.165, 1.54) is 0 Å². The SMILES string of the molecule is O=C(O)C1CCN(c2cc3ccccc3cn2)C1. The maximum Gasteiger partial charge on any atom is 0.308 e. The van der Waals surface area contributed by atoms with Gasteiger partial charge in [0.05, 0.1) is 5.92 Å². The minimum Gasteiger partial charge on any atom is -0.481 e. The third-order valence-corrected chi connectivity index (χ3v) is 3.48. The van der Waals surface area contributed by atoms with Crippen LogP contribution in [0, 0.1) is 5.92 Å². The fourth-order valence-corrected chi connectivity index (χ4v) is 2.41. The molecule has 1 fully saturated rings. The summed E-state index contributed by atoms with van der Waals surface area (Å²) in [7, 11) is 0. The Bertz CT molecular complexity index is 597. The number of aliphatic carboxylic acids is 1. The van der Waals surface area contributed by atoms with Crippen molar-refractivity contribution in [1.82, 2.24) is 4.98 Å². The van der Waals surface area contributed by atoms with Crippen LogP contribution in [0.2, 0.25) is 0 Å². The van der Waals surface area contributed by atoms with Gasteiger partial charge >= 0.3 is 5.97 Å². The lowest BCUT2D eigenvalue weighted by Crippen LogP contribution is -2.23. The molecule has 0 aliphatic carbocycles. The van der Waals surface area contributed by atoms with Crippen LogP contribution < -0.4 is 4.90 Å². The molecule has 3 rings (SSSR count). The predicted molar refractivity (Wildman–Crippen MR) is 69.7 cm³/mol. The molecule has 0 amide bonds. The van der Waals surface area contributed by atoms with Gasteiger partial charge in [0, 0.05) is 24.7 Å². The van der Waals surface area contributed by atoms with Gasteiger partial charge in [0.25, 0.3) is 0 Å². The number of pyridine rings is 1. The van der Waals surface area contributed by atoms with Crippen LogP contribution in [0.3, 0.4) is 0 Å². The average Bonchev–Trinajstić information content (AvgIpc) is 2.88. The number of carbonyl (C=O) groups is 1. The third-order valence-electron chi connectivity index (χ3n) is 3.48. The Labute approximate surface area is 105 Å². The Morgan fingerprint density at radius 2 is 2.11 bits per heavy atom. The molecule has 1 aromatic heterocycles. The van der Waals surface area contributed by atoms with Gasteiger partial charge in [0.1, 0.15) is 5.82 Å². The Kier molecular flexibility index (Phi) is 2.63. The molecule has 1 aliphatic heterocycles. The van der Waals surface area contributed by atoms with Crippen LogP contribution in [0.1, 0.15) is 6.42 Å². The van der Waals surface area contributed by atoms with Crippen LogP contribution in [0.25, 0.3) is 10.8 Å². The van der Waals surface area contributed by atoms with E-state index in [0.717, 1.165) is 23.1 Å². The van der Waals surface area contributed by atoms with Gasteiger partial charge in [-0.05, 0) is 17.9 Å². The van der Waals surface area contributed by atoms with Gasteiger partial charge in [-0.3, -0.25) is 4.79 Å². The minimum absolute atomic E-state index is 0.265. The molecule has 92 valence electrons. The van der Waals surface area contributed by atoms with Crippen molar-refractivity contribution in [3.8, 4) is 0 Å². The highest BCUT2D eigenvalue weighted by molar-refractivity contribution is 5.84. The van der Waals surface area contributed by atoms with Crippen molar-refractivity contribution in [3.05, 3.63) is 36.5 Å². The van der Waals surface area contributed by atoms with Crippen LogP contribution in [0.4, 0.5) is 5.82 Å². The molecule has 18 heavy (non-hydrogen) atoms. The van der Waals surface area contributed by atoms with Gasteiger partial charge in [-0.2, -0.15) is 0 Å². The van der Waals surface area contributed by atoms with Crippen molar-refractivity contribution in [2.24, 2.45) is 5.92 Å². The first-order valence-electron chi connectivity index (χ1n) is 6.06. The van der Waals surface area contributed by atoms with Gasteiger partial charge in [-0.25, -0.2) is 4.98 Å². The molecule has 0 saturated carbocycles. The zero-order chi connectivity index (χ0) is 12.5. The molecule has 2 aromatic rings. The van der Waals surface area contributed by atoms with Crippen molar-refractivity contribution < 1.29 is 9.90 Å². The third kappa shape index (κ3) is 1.90. The monoisotopic (exact) mass is 242 g/mol. The fourth-order valence-electron chi connectivity index (χ4n) is 2.41. The highest BCUT2D eigenvalue weighted by Gasteiger charge is 2.28. The predicted octanol–water partition coefficient (Wildman–Crippen LogP) is 2.15. The summed E-state index contributed by atoms with van der Waals surface area (Å²) < 4.78 is 0. The van der Waals surface area contributed by atoms with Crippen molar-refractivity contribution in [2.75, 3.05) is 18.0 Å². The lowest BCUT2D eigenvalue weighted by atomic mass is 10.1. The molecule has 1 unspecified atom stereocenters. The van der Waals surface area contributed by atoms with E-state index in [1.54, 1.807) is 0 Å². The van der Waals surface area contributed by atoms with Crippen LogP contribution in [-0.2, 0) is 4.79 Å². The summed E-state index contributed by atoms with van der Waals surface area (Å²) in [6.07, 6.45) is 2.54. The second kappa shape index (κ2) is 4.29. The number of anilines is 1. The summed E-state index contributed by atoms with van der Waals surface area (Å²) >= 11 is 0. The highest BCUT2D eigenvalue weighted by Crippen LogP contribution is 2.25. The van der Waals surface area contributed by atoms with Gasteiger partial charge in [-0.1, -0.05) is 24.3 Å². The zero-order valence-corrected chi connectivity index (χ0v) is 9.91. The number of fused-ring (bicyclic) bond motifs is 1. The Morgan fingerprint density at radius 1 is 1.33 bits per heavy atom. The average molecular weight is 242 g/mol. The van der Waals surface area contributed by atoms with E-state index in [0.29, 0.717) is 13.0 Å². The van der Waals surface area contributed by atoms with E-state index < -0.39 is 5.97 Å². The van der Waals surface area contributed by atoms with Gasteiger partial charge in [0.2, 0.25) is 0 Å². The number of benzene rings is 1. The molecule has 1 aromatic carbocycles. The number of carboxylic acids is 1. The van der Waals surface area contributed by atoms with Crippen molar-refractivity contribution in [1.29, 1.82) is 0 Å². The van der Waals surface area contributed by atoms with Crippen molar-refractivity contribution in [3.63, 3.8) is 0 Å². The van der Waals surface area contributed by atoms with E-state index in [1.807, 2.05) is 41.4 Å². The molecule has 4 heteroatoms. The summed E-state index contributed by atoms with van der Waals surface area (Å²) in [6.45, 7) is 1.32. The number of nitrogens with zero attached hydrogens (tertiary/aromatic N) is 2. The van der Waals surface area contributed by atoms with Crippen LogP contribution in [0.5, 0.6) is 0 Å². The van der Waals surface area contributed by atoms with E-state index in [2.05, 4.69) is 4.98 Å². The summed E-state index contributed by atoms with van der Waals surface area (Å²) in [6, 6.07) is 10.1. The molecule has 0 radical (unpaired) electrons. The molecule has 2 heterocycles. The van der Waals surface area contributed by atoms with Crippen LogP contribution >= 0.6 is 0 Å². The summed E-state index contributed by atoms with van der Waals surface area (Å²) in [4.78, 5) is 17.4. The number of hydrogen-bond donors (Lipinski definition) is 1. The standard InChI is InChI=1S/C14H14N2O2/c17-14(18)12-5-6-16(9-12)13-7-10-3-1-2-4-11(10)8-15-13/h1-4,7-8,12H,5-6,9H2,(H,17,18). The van der Waals surface area contributed by atoms with E-state index in [-0.39, 0.29) is 5.92 Å². The molecular weight excluding hydrogens is 228 g/mol. The van der Waals surface area contributed by atoms with E-state index >= 15 is 0 Å². The molecular formula is C14H14N2O2. The Morgan fingerprint density at radius 3 is 2.83 bits per heavy atom. The summed E-state index contributed by atoms with van der Waals surface area (Å²) in [5.41, 5.74) is 0. The number of carboxylic acid groups (broad SMARTS) is 1. The Balaban J connectivity index is 1.89. The molecule has 1 N–H and O–H groups in total. The second-order valence-corrected chi connectivity index (χ2v) is 4.66. The molecule has 0 spiro atoms. The first-order chi connectivity index (χ1) is 8.74. The second-order valence-electron chi connectivity index (χ2n) is 4.66. The van der Waals surface area contributed by atoms with E-state index in [9.17, 15) is 4.79 Å². The maximum absolute atomic E-state index is 10.9. The summed E-state index contributed by atoms with van der Waals surface area (Å²) in [5, 5.41) is 11.2. The smallest absolute Gasteiger partial charge is 0.308 e. The lowest BCUT2D eigenvalue weighted by molar-refractivity contribution is -0.140. The topological polar surface area (TPSA) is 53.4 Å². The van der Waals surface area contributed by atoms with Crippen molar-refractivity contribution in [2.45, 2.75) is 6.42 Å². The van der Waals surface area contributed by atoms with Gasteiger partial charge in [0.15, 0.2) is 0 Å². The Hall–Kier alpha value is -2.10. The number of rotatable bonds is 2. The minimum atomic E-state index is -0.710. The first-order valence-corrected chi connectivity index (χ1v) is 6.06. The van der Waals surface area contributed by atoms with Crippen LogP contribution in [0.15, 0.2) is 36.5 Å². The number of hydrogen-bond acceptors (Lipinski definition) is 3. The van der Waals surface area contributed by atoms with E-state index in [4.69, 9.17) is 5.11 Å². The molecule has 1 atom stereocenters. The summed E-state index contributed by atoms with van der Waals surface area (Å²) in [5.74, 6) is -0.103. The highest BCUT2D eigenvalue weighted by atomic mass is 16.4. The fraction of sp³-hybridized carbons (Fsp3) is 0.286. The molecule has 1 aliphatic rings. The largest absolute Gasteiger partial charge is 0.481 e. The maximum atomic E-state index is 10.9. The zero-order valence-electron chi connectivity index (χ0n) is 9.91. The molecule has 4 nitrogen and oxygen atoms in total.